The van der Waals surface area contributed by atoms with Crippen LogP contribution in [-0.2, 0) is 19.6 Å². The molecule has 1 aliphatic heterocycles. The number of amides is 1. The molecule has 1 fully saturated rings. The largest absolute Gasteiger partial charge is 0.449 e. The van der Waals surface area contributed by atoms with Crippen LogP contribution in [0.25, 0.3) is 11.2 Å². The number of carbonyl (C=O) groups is 2. The van der Waals surface area contributed by atoms with E-state index in [0.717, 1.165) is 25.7 Å². The summed E-state index contributed by atoms with van der Waals surface area (Å²) in [7, 11) is -3.72. The first kappa shape index (κ1) is 22.8. The van der Waals surface area contributed by atoms with Crippen LogP contribution in [0.3, 0.4) is 0 Å². The van der Waals surface area contributed by atoms with Crippen molar-refractivity contribution in [3.05, 3.63) is 42.5 Å². The molecular formula is C21H24N6O5S. The van der Waals surface area contributed by atoms with Crippen molar-refractivity contribution in [3.8, 4) is 0 Å². The Morgan fingerprint density at radius 2 is 1.88 bits per heavy atom. The fourth-order valence-electron chi connectivity index (χ4n) is 3.57. The van der Waals surface area contributed by atoms with Gasteiger partial charge in [0.1, 0.15) is 11.8 Å². The van der Waals surface area contributed by atoms with Gasteiger partial charge in [0.2, 0.25) is 10.0 Å². The van der Waals surface area contributed by atoms with Gasteiger partial charge in [-0.15, -0.1) is 0 Å². The third-order valence-electron chi connectivity index (χ3n) is 5.39. The lowest BCUT2D eigenvalue weighted by molar-refractivity contribution is -0.123. The molecule has 1 amide bonds. The molecule has 0 radical (unpaired) electrons. The van der Waals surface area contributed by atoms with Gasteiger partial charge in [-0.1, -0.05) is 18.9 Å². The highest BCUT2D eigenvalue weighted by atomic mass is 32.2. The highest BCUT2D eigenvalue weighted by Gasteiger charge is 2.27. The zero-order valence-electron chi connectivity index (χ0n) is 18.0. The van der Waals surface area contributed by atoms with E-state index in [2.05, 4.69) is 25.3 Å². The molecule has 0 bridgehead atoms. The quantitative estimate of drug-likeness (QED) is 0.518. The van der Waals surface area contributed by atoms with Crippen molar-refractivity contribution < 1.29 is 22.7 Å². The molecule has 1 saturated heterocycles. The Balaban J connectivity index is 1.45. The molecule has 2 aromatic heterocycles. The summed E-state index contributed by atoms with van der Waals surface area (Å²) in [5.74, 6) is -1.21. The molecular weight excluding hydrogens is 448 g/mol. The highest BCUT2D eigenvalue weighted by Crippen LogP contribution is 2.22. The van der Waals surface area contributed by atoms with Crippen LogP contribution in [0.5, 0.6) is 0 Å². The number of rotatable bonds is 6. The highest BCUT2D eigenvalue weighted by molar-refractivity contribution is 7.89. The number of H-pyrrole nitrogens is 1. The van der Waals surface area contributed by atoms with Gasteiger partial charge in [0.25, 0.3) is 5.91 Å². The Kier molecular flexibility index (Phi) is 6.65. The van der Waals surface area contributed by atoms with E-state index in [1.165, 1.54) is 48.1 Å². The minimum Gasteiger partial charge on any atom is -0.449 e. The average Bonchev–Trinajstić information content (AvgIpc) is 3.12. The van der Waals surface area contributed by atoms with Gasteiger partial charge in [0.15, 0.2) is 17.6 Å². The fourth-order valence-corrected chi connectivity index (χ4v) is 5.14. The summed E-state index contributed by atoms with van der Waals surface area (Å²) in [5.41, 5.74) is 0.867. The lowest BCUT2D eigenvalue weighted by atomic mass is 10.2. The molecule has 1 aromatic carbocycles. The van der Waals surface area contributed by atoms with E-state index in [4.69, 9.17) is 4.74 Å². The number of anilines is 1. The number of esters is 1. The molecule has 174 valence electrons. The van der Waals surface area contributed by atoms with Crippen LogP contribution in [-0.4, -0.2) is 63.7 Å². The molecule has 2 N–H and O–H groups in total. The van der Waals surface area contributed by atoms with E-state index in [0.29, 0.717) is 24.3 Å². The summed E-state index contributed by atoms with van der Waals surface area (Å²) in [6.45, 7) is 2.33. The Hall–Kier alpha value is -3.38. The molecule has 12 heteroatoms. The Morgan fingerprint density at radius 3 is 2.64 bits per heavy atom. The predicted molar refractivity (Wildman–Crippen MR) is 119 cm³/mol. The van der Waals surface area contributed by atoms with Crippen LogP contribution >= 0.6 is 0 Å². The Bertz CT molecular complexity index is 1270. The molecule has 1 unspecified atom stereocenters. The first-order valence-electron chi connectivity index (χ1n) is 10.6. The Morgan fingerprint density at radius 1 is 1.12 bits per heavy atom. The maximum absolute atomic E-state index is 13.0. The van der Waals surface area contributed by atoms with Gasteiger partial charge in [-0.05, 0) is 38.0 Å². The van der Waals surface area contributed by atoms with Gasteiger partial charge >= 0.3 is 5.97 Å². The average molecular weight is 473 g/mol. The van der Waals surface area contributed by atoms with Crippen LogP contribution in [0.2, 0.25) is 0 Å². The number of carbonyl (C=O) groups excluding carboxylic acids is 2. The Labute approximate surface area is 190 Å². The van der Waals surface area contributed by atoms with Gasteiger partial charge in [0.05, 0.1) is 16.8 Å². The SMILES string of the molecule is CC(OC(=O)c1cccc(S(=O)(=O)N2CCCCCC2)c1)C(=O)Nc1ncnc2nc[nH]c12. The molecule has 0 spiro atoms. The molecule has 1 atom stereocenters. The number of aromatic amines is 1. The summed E-state index contributed by atoms with van der Waals surface area (Å²) in [5, 5.41) is 2.57. The number of nitrogens with zero attached hydrogens (tertiary/aromatic N) is 4. The molecule has 3 heterocycles. The van der Waals surface area contributed by atoms with Crippen molar-refractivity contribution >= 4 is 38.9 Å². The van der Waals surface area contributed by atoms with E-state index in [1.54, 1.807) is 0 Å². The van der Waals surface area contributed by atoms with Gasteiger partial charge in [-0.2, -0.15) is 4.31 Å². The number of imidazole rings is 1. The van der Waals surface area contributed by atoms with Crippen LogP contribution in [0.15, 0.2) is 41.8 Å². The number of aromatic nitrogens is 4. The van der Waals surface area contributed by atoms with Crippen molar-refractivity contribution in [2.45, 2.75) is 43.6 Å². The minimum atomic E-state index is -3.72. The molecule has 4 rings (SSSR count). The number of sulfonamides is 1. The second kappa shape index (κ2) is 9.63. The number of hydrogen-bond acceptors (Lipinski definition) is 8. The predicted octanol–water partition coefficient (Wildman–Crippen LogP) is 2.10. The van der Waals surface area contributed by atoms with Crippen LogP contribution < -0.4 is 5.32 Å². The summed E-state index contributed by atoms with van der Waals surface area (Å²) in [6.07, 6.45) is 5.14. The van der Waals surface area contributed by atoms with Crippen molar-refractivity contribution in [2.75, 3.05) is 18.4 Å². The first-order chi connectivity index (χ1) is 15.9. The standard InChI is InChI=1S/C21H24N6O5S/c1-14(20(28)26-19-17-18(23-12-22-17)24-13-25-19)32-21(29)15-7-6-8-16(11-15)33(30,31)27-9-4-2-3-5-10-27/h6-8,11-14H,2-5,9-10H2,1H3,(H2,22,23,24,25,26,28). The summed E-state index contributed by atoms with van der Waals surface area (Å²) in [4.78, 5) is 40.0. The zero-order chi connectivity index (χ0) is 23.4. The number of ether oxygens (including phenoxy) is 1. The van der Waals surface area contributed by atoms with Crippen molar-refractivity contribution in [1.82, 2.24) is 24.2 Å². The number of nitrogens with one attached hydrogen (secondary N) is 2. The second-order valence-corrected chi connectivity index (χ2v) is 9.64. The lowest BCUT2D eigenvalue weighted by Gasteiger charge is -2.20. The number of fused-ring (bicyclic) bond motifs is 1. The van der Waals surface area contributed by atoms with E-state index < -0.39 is 28.0 Å². The third kappa shape index (κ3) is 5.01. The number of benzene rings is 1. The topological polar surface area (TPSA) is 147 Å². The second-order valence-electron chi connectivity index (χ2n) is 7.71. The van der Waals surface area contributed by atoms with Gasteiger partial charge in [-0.25, -0.2) is 28.2 Å². The smallest absolute Gasteiger partial charge is 0.338 e. The van der Waals surface area contributed by atoms with Gasteiger partial charge < -0.3 is 15.0 Å². The van der Waals surface area contributed by atoms with Crippen LogP contribution in [0, 0.1) is 0 Å². The van der Waals surface area contributed by atoms with E-state index in [-0.39, 0.29) is 16.3 Å². The van der Waals surface area contributed by atoms with Crippen molar-refractivity contribution in [3.63, 3.8) is 0 Å². The number of hydrogen-bond donors (Lipinski definition) is 2. The first-order valence-corrected chi connectivity index (χ1v) is 12.1. The molecule has 0 saturated carbocycles. The minimum absolute atomic E-state index is 0.0265. The van der Waals surface area contributed by atoms with Crippen LogP contribution in [0.4, 0.5) is 5.82 Å². The van der Waals surface area contributed by atoms with Crippen molar-refractivity contribution in [2.24, 2.45) is 0 Å². The summed E-state index contributed by atoms with van der Waals surface area (Å²) < 4.78 is 32.8. The van der Waals surface area contributed by atoms with E-state index in [9.17, 15) is 18.0 Å². The van der Waals surface area contributed by atoms with Gasteiger partial charge in [0, 0.05) is 13.1 Å². The molecule has 0 aliphatic carbocycles. The maximum atomic E-state index is 13.0. The monoisotopic (exact) mass is 472 g/mol. The molecule has 3 aromatic rings. The zero-order valence-corrected chi connectivity index (χ0v) is 18.8. The van der Waals surface area contributed by atoms with E-state index in [1.807, 2.05) is 0 Å². The lowest BCUT2D eigenvalue weighted by Crippen LogP contribution is -2.32. The molecule has 1 aliphatic rings. The molecule has 11 nitrogen and oxygen atoms in total. The van der Waals surface area contributed by atoms with E-state index >= 15 is 0 Å². The third-order valence-corrected chi connectivity index (χ3v) is 7.28. The normalized spacial score (nSPS) is 16.2. The summed E-state index contributed by atoms with van der Waals surface area (Å²) >= 11 is 0. The van der Waals surface area contributed by atoms with Crippen LogP contribution in [0.1, 0.15) is 43.0 Å². The fraction of sp³-hybridized carbons (Fsp3) is 0.381. The van der Waals surface area contributed by atoms with Crippen molar-refractivity contribution in [1.29, 1.82) is 0 Å². The maximum Gasteiger partial charge on any atom is 0.338 e. The molecule has 33 heavy (non-hydrogen) atoms. The van der Waals surface area contributed by atoms with Gasteiger partial charge in [-0.3, -0.25) is 4.79 Å². The summed E-state index contributed by atoms with van der Waals surface area (Å²) in [6, 6.07) is 5.68.